The largest absolute Gasteiger partial charge is 0.748 e. The number of hydrogen-bond donors (Lipinski definition) is 3. The Bertz CT molecular complexity index is 4260. The molecule has 0 spiro atoms. The van der Waals surface area contributed by atoms with Gasteiger partial charge in [0.2, 0.25) is 0 Å². The molecule has 3 N–H and O–H groups in total. The van der Waals surface area contributed by atoms with Crippen LogP contribution in [0, 0.1) is 86.8 Å². The maximum absolute atomic E-state index is 13.3. The third-order valence-electron chi connectivity index (χ3n) is 30.5. The van der Waals surface area contributed by atoms with Gasteiger partial charge in [-0.3, -0.25) is 28.9 Å². The highest BCUT2D eigenvalue weighted by atomic mass is 32.2. The van der Waals surface area contributed by atoms with Gasteiger partial charge in [0.05, 0.1) is 120 Å². The van der Waals surface area contributed by atoms with E-state index < -0.39 is 123 Å². The van der Waals surface area contributed by atoms with E-state index in [1.807, 2.05) is 55.4 Å². The monoisotopic (exact) mass is 1990 g/mol. The number of nitrogens with zero attached hydrogens (tertiary/aromatic N) is 1. The Balaban J connectivity index is 0.000000183. The zero-order valence-corrected chi connectivity index (χ0v) is 82.6. The number of halogens is 12. The first-order chi connectivity index (χ1) is 63.3. The Labute approximate surface area is 795 Å². The number of morpholine rings is 1. The van der Waals surface area contributed by atoms with Gasteiger partial charge in [0, 0.05) is 57.2 Å². The molecule has 16 unspecified atom stereocenters. The quantitative estimate of drug-likeness (QED) is 0.0106. The van der Waals surface area contributed by atoms with Crippen molar-refractivity contribution in [1.29, 1.82) is 0 Å². The number of methoxy groups -OCH3 is 1. The molecule has 16 atom stereocenters. The molecule has 3 aromatic carbocycles. The van der Waals surface area contributed by atoms with E-state index in [1.54, 1.807) is 7.11 Å². The maximum atomic E-state index is 13.3. The summed E-state index contributed by atoms with van der Waals surface area (Å²) in [6.45, 7) is 33.0. The molecular formula is C99H143F12NO22S2. The van der Waals surface area contributed by atoms with Crippen LogP contribution >= 0.6 is 0 Å². The lowest BCUT2D eigenvalue weighted by Gasteiger charge is -2.59. The molecule has 10 bridgehead atoms. The van der Waals surface area contributed by atoms with Gasteiger partial charge in [0.25, 0.3) is 11.2 Å². The molecule has 0 amide bonds. The van der Waals surface area contributed by atoms with Crippen molar-refractivity contribution in [3.8, 4) is 0 Å². The predicted molar refractivity (Wildman–Crippen MR) is 478 cm³/mol. The van der Waals surface area contributed by atoms with Crippen molar-refractivity contribution >= 4 is 50.9 Å². The number of ether oxygens (including phenoxy) is 11. The van der Waals surface area contributed by atoms with Crippen LogP contribution in [0.5, 0.6) is 0 Å². The fourth-order valence-electron chi connectivity index (χ4n) is 21.8. The lowest BCUT2D eigenvalue weighted by atomic mass is 9.52. The number of rotatable bonds is 30. The van der Waals surface area contributed by atoms with E-state index in [-0.39, 0.29) is 75.9 Å². The van der Waals surface area contributed by atoms with Crippen molar-refractivity contribution in [3.63, 3.8) is 0 Å². The van der Waals surface area contributed by atoms with Crippen LogP contribution in [-0.2, 0) is 97.1 Å². The van der Waals surface area contributed by atoms with E-state index in [0.717, 1.165) is 120 Å². The van der Waals surface area contributed by atoms with Crippen LogP contribution < -0.4 is 0 Å². The molecule has 136 heavy (non-hydrogen) atoms. The van der Waals surface area contributed by atoms with Crippen molar-refractivity contribution in [2.24, 2.45) is 86.8 Å². The smallest absolute Gasteiger partial charge is 0.426 e. The van der Waals surface area contributed by atoms with Gasteiger partial charge in [-0.2, -0.15) is 52.7 Å². The summed E-state index contributed by atoms with van der Waals surface area (Å²) in [6.07, 6.45) is -18.0. The fraction of sp³-hybridized carbons (Fsp3) is 0.768. The second-order valence-corrected chi connectivity index (χ2v) is 44.9. The summed E-state index contributed by atoms with van der Waals surface area (Å²) >= 11 is 0. The number of carbonyl (C=O) groups is 5. The molecule has 3 aromatic rings. The minimum Gasteiger partial charge on any atom is -0.748 e. The van der Waals surface area contributed by atoms with Crippen LogP contribution in [0.1, 0.15) is 218 Å². The number of aliphatic hydroxyl groups is 3. The Hall–Kier alpha value is -5.97. The molecule has 37 heteroatoms. The summed E-state index contributed by atoms with van der Waals surface area (Å²) in [5.74, 6) is -2.22. The lowest BCUT2D eigenvalue weighted by Crippen LogP contribution is -2.67. The first-order valence-electron chi connectivity index (χ1n) is 47.8. The molecule has 9 aliphatic carbocycles. The van der Waals surface area contributed by atoms with Crippen LogP contribution in [0.3, 0.4) is 0 Å². The highest BCUT2D eigenvalue weighted by molar-refractivity contribution is 7.97. The molecule has 13 aliphatic rings. The number of fused-ring (bicyclic) bond motifs is 10. The normalized spacial score (nSPS) is 29.8. The Morgan fingerprint density at radius 2 is 0.926 bits per heavy atom. The summed E-state index contributed by atoms with van der Waals surface area (Å²) < 4.78 is 247. The molecule has 4 heterocycles. The van der Waals surface area contributed by atoms with Gasteiger partial charge in [0.15, 0.2) is 26.9 Å². The van der Waals surface area contributed by atoms with E-state index in [0.29, 0.717) is 82.9 Å². The second-order valence-electron chi connectivity index (χ2n) is 41.4. The lowest BCUT2D eigenvalue weighted by molar-refractivity contribution is -0.405. The number of carbonyl (C=O) groups excluding carboxylic acids is 5. The van der Waals surface area contributed by atoms with E-state index in [2.05, 4.69) is 110 Å². The summed E-state index contributed by atoms with van der Waals surface area (Å²) in [7, 11) is -2.27. The first kappa shape index (κ1) is 114. The zero-order chi connectivity index (χ0) is 101. The highest BCUT2D eigenvalue weighted by Crippen LogP contribution is 2.71. The van der Waals surface area contributed by atoms with Gasteiger partial charge in [-0.15, -0.1) is 0 Å². The first-order valence-corrected chi connectivity index (χ1v) is 50.8. The average Bonchev–Trinajstić information content (AvgIpc) is 1.52. The van der Waals surface area contributed by atoms with Crippen LogP contribution in [-0.4, -0.2) is 239 Å². The van der Waals surface area contributed by atoms with Crippen molar-refractivity contribution in [2.75, 3.05) is 92.5 Å². The molecule has 4 aliphatic heterocycles. The van der Waals surface area contributed by atoms with Crippen LogP contribution in [0.25, 0.3) is 0 Å². The van der Waals surface area contributed by atoms with E-state index in [4.69, 9.17) is 65.1 Å². The Morgan fingerprint density at radius 1 is 0.515 bits per heavy atom. The van der Waals surface area contributed by atoms with Crippen molar-refractivity contribution < 1.29 is 157 Å². The molecule has 16 rings (SSSR count). The fourth-order valence-corrected chi connectivity index (χ4v) is 23.9. The summed E-state index contributed by atoms with van der Waals surface area (Å²) in [4.78, 5) is 67.4. The molecule has 23 nitrogen and oxygen atoms in total. The minimum atomic E-state index is -6.58. The number of benzene rings is 3. The number of alkyl halides is 12. The Kier molecular flexibility index (Phi) is 38.6. The van der Waals surface area contributed by atoms with Crippen LogP contribution in [0.4, 0.5) is 52.7 Å². The van der Waals surface area contributed by atoms with Gasteiger partial charge in [-0.1, -0.05) is 89.2 Å². The highest BCUT2D eigenvalue weighted by Gasteiger charge is 2.79. The van der Waals surface area contributed by atoms with Gasteiger partial charge >= 0.3 is 54.6 Å². The SMILES string of the molecule is CCC(C)(C)C(=O)OC1(CC)CC2CC1C1C3CCC(C3)C21.CCC(C)(C)C(=O)OC12CC3CC(CC(O)(C3)C1)C2.CCC(C)(C)C(=O)OC1C2CC3C(=O)OC1C3O2.CCC(C)(C)C(=O)OC1CC(C(O)(C(F)(F)F)C(F)(F)F)CC(C(O)(C(F)(F)F)C(F)(F)F)C1.COCCOCCOCCOCCN1CCOCC1.CS(=O)(=O)[O-].c1ccc([S+](c2ccccc2)c2ccccc2)cc1. The molecule has 13 fully saturated rings. The van der Waals surface area contributed by atoms with Gasteiger partial charge in [-0.25, -0.2) is 8.42 Å². The molecule has 4 saturated heterocycles. The molecule has 772 valence electrons. The van der Waals surface area contributed by atoms with Crippen molar-refractivity contribution in [2.45, 2.75) is 316 Å². The molecule has 0 radical (unpaired) electrons. The second kappa shape index (κ2) is 46.2. The summed E-state index contributed by atoms with van der Waals surface area (Å²) in [5.41, 5.74) is -15.2. The van der Waals surface area contributed by atoms with Gasteiger partial charge in [-0.05, 0) is 255 Å². The number of esters is 5. The maximum Gasteiger partial charge on any atom is 0.426 e. The van der Waals surface area contributed by atoms with Crippen LogP contribution in [0.2, 0.25) is 0 Å². The predicted octanol–water partition coefficient (Wildman–Crippen LogP) is 18.3. The number of hydrogen-bond acceptors (Lipinski definition) is 23. The minimum absolute atomic E-state index is 0.0146. The Morgan fingerprint density at radius 3 is 1.35 bits per heavy atom. The third kappa shape index (κ3) is 27.5. The van der Waals surface area contributed by atoms with Crippen molar-refractivity contribution in [3.05, 3.63) is 91.0 Å². The van der Waals surface area contributed by atoms with Gasteiger partial charge in [0.1, 0.15) is 23.4 Å². The topological polar surface area (TPSA) is 308 Å². The summed E-state index contributed by atoms with van der Waals surface area (Å²) in [5, 5.41) is 29.9. The average molecular weight is 1990 g/mol. The molecule has 9 saturated carbocycles. The van der Waals surface area contributed by atoms with E-state index >= 15 is 0 Å². The van der Waals surface area contributed by atoms with Crippen molar-refractivity contribution in [1.82, 2.24) is 4.90 Å². The summed E-state index contributed by atoms with van der Waals surface area (Å²) in [6, 6.07) is 32.2. The zero-order valence-electron chi connectivity index (χ0n) is 80.9. The van der Waals surface area contributed by atoms with Gasteiger partial charge < -0.3 is 72.0 Å². The molecule has 0 aromatic heterocycles. The third-order valence-corrected chi connectivity index (χ3v) is 32.7. The van der Waals surface area contributed by atoms with Crippen LogP contribution in [0.15, 0.2) is 106 Å². The standard InChI is InChI=1S/C20H32O2.C18H22F12O4.C18H15S.C16H26O3.C13H27NO5.C13H18O5.CH4O3S/c1-5-19(3,4)18(21)22-20(6-2)11-14-10-15(20)17-13-8-7-12(9-13)16(14)17;1-4-12(2,3)11(31)34-10-6-8(13(32,15(19,20)21)16(22,23)24)5-9(7-10)14(33,17(25,26)27)18(28,29)30;1-4-10-16(11-5-1)19(17-12-6-2-7-13-17)18-14-8-3-9-15-18;1-4-14(2,3)13(17)19-16-8-11-5-12(9-16)7-15(18,6-11)10-16;1-15-8-9-18-12-13-19-11-10-17-7-4-14-2-5-16-6-3-14;1-4-13(2,3)12(15)18-9-7-5-6-8(16-7)10(9)17-11(6)14;1-5(2,3)4/h12-17H,5-11H2,1-4H3;8-10,32-33H,4-7H2,1-3H3;1-15H;11-12,18H,4-10H2,1-3H3;2-13H2,1H3;6-10H,4-5H2,1-3H3;1H3,(H,2,3,4)/q;;+1;;;;/p-1. The van der Waals surface area contributed by atoms with E-state index in [1.165, 1.54) is 67.6 Å². The molecular weight excluding hydrogens is 1850 g/mol. The van der Waals surface area contributed by atoms with E-state index in [9.17, 15) is 92.0 Å².